The third kappa shape index (κ3) is 0.919. The van der Waals surface area contributed by atoms with Crippen molar-refractivity contribution in [2.45, 2.75) is 0 Å². The van der Waals surface area contributed by atoms with Gasteiger partial charge in [0.05, 0.1) is 5.52 Å². The number of carboxylic acids is 1. The minimum absolute atomic E-state index is 0.336. The van der Waals surface area contributed by atoms with Gasteiger partial charge in [-0.1, -0.05) is 0 Å². The topological polar surface area (TPSA) is 54.6 Å². The number of aromatic nitrogens is 2. The Balaban J connectivity index is 2.43. The first-order valence-electron chi connectivity index (χ1n) is 3.84. The van der Waals surface area contributed by atoms with E-state index in [0.717, 1.165) is 15.3 Å². The summed E-state index contributed by atoms with van der Waals surface area (Å²) in [6.45, 7) is 0. The van der Waals surface area contributed by atoms with Crippen molar-refractivity contribution in [2.24, 2.45) is 0 Å². The molecule has 0 radical (unpaired) electrons. The molecule has 0 aromatic carbocycles. The Morgan fingerprint density at radius 1 is 1.57 bits per heavy atom. The maximum atomic E-state index is 10.7. The highest BCUT2D eigenvalue weighted by molar-refractivity contribution is 7.21. The largest absolute Gasteiger partial charge is 0.477 e. The zero-order chi connectivity index (χ0) is 9.71. The van der Waals surface area contributed by atoms with Gasteiger partial charge in [0.1, 0.15) is 9.71 Å². The Morgan fingerprint density at radius 3 is 3.21 bits per heavy atom. The molecular weight excluding hydrogens is 220 g/mol. The van der Waals surface area contributed by atoms with Crippen molar-refractivity contribution in [1.82, 2.24) is 9.38 Å². The van der Waals surface area contributed by atoms with E-state index in [1.165, 1.54) is 11.3 Å². The molecule has 0 saturated carbocycles. The highest BCUT2D eigenvalue weighted by atomic mass is 32.1. The zero-order valence-corrected chi connectivity index (χ0v) is 8.43. The van der Waals surface area contributed by atoms with E-state index in [-0.39, 0.29) is 0 Å². The van der Waals surface area contributed by atoms with E-state index in [1.54, 1.807) is 17.4 Å². The first-order valence-corrected chi connectivity index (χ1v) is 5.54. The molecule has 14 heavy (non-hydrogen) atoms. The van der Waals surface area contributed by atoms with Gasteiger partial charge in [0.15, 0.2) is 4.96 Å². The van der Waals surface area contributed by atoms with Crippen molar-refractivity contribution in [1.29, 1.82) is 0 Å². The summed E-state index contributed by atoms with van der Waals surface area (Å²) in [4.78, 5) is 17.1. The standard InChI is InChI=1S/C8H4N2O2S2/c11-7(12)5-3-4-6(14-5)9-8-10(4)1-2-13-8/h1-3H,(H,11,12). The van der Waals surface area contributed by atoms with E-state index >= 15 is 0 Å². The Kier molecular flexibility index (Phi) is 1.45. The van der Waals surface area contributed by atoms with Crippen LogP contribution in [-0.2, 0) is 0 Å². The van der Waals surface area contributed by atoms with Crippen LogP contribution >= 0.6 is 22.7 Å². The Labute approximate surface area is 86.1 Å². The molecule has 3 aromatic rings. The van der Waals surface area contributed by atoms with Crippen LogP contribution in [0.1, 0.15) is 9.67 Å². The fourth-order valence-electron chi connectivity index (χ4n) is 1.35. The molecule has 6 heteroatoms. The van der Waals surface area contributed by atoms with Crippen molar-refractivity contribution < 1.29 is 9.90 Å². The van der Waals surface area contributed by atoms with Gasteiger partial charge in [-0.3, -0.25) is 4.40 Å². The molecule has 70 valence electrons. The molecule has 0 aliphatic rings. The molecule has 3 aromatic heterocycles. The maximum absolute atomic E-state index is 10.7. The minimum atomic E-state index is -0.892. The van der Waals surface area contributed by atoms with E-state index in [4.69, 9.17) is 5.11 Å². The number of aromatic carboxylic acids is 1. The van der Waals surface area contributed by atoms with Crippen LogP contribution < -0.4 is 0 Å². The summed E-state index contributed by atoms with van der Waals surface area (Å²) in [5.74, 6) is -0.892. The minimum Gasteiger partial charge on any atom is -0.477 e. The number of carboxylic acid groups (broad SMARTS) is 1. The second-order valence-electron chi connectivity index (χ2n) is 2.77. The highest BCUT2D eigenvalue weighted by Gasteiger charge is 2.13. The van der Waals surface area contributed by atoms with Crippen LogP contribution in [-0.4, -0.2) is 20.5 Å². The van der Waals surface area contributed by atoms with Gasteiger partial charge in [0.25, 0.3) is 0 Å². The molecule has 0 aliphatic carbocycles. The van der Waals surface area contributed by atoms with E-state index in [9.17, 15) is 4.79 Å². The third-order valence-electron chi connectivity index (χ3n) is 1.95. The molecule has 0 aliphatic heterocycles. The first kappa shape index (κ1) is 7.95. The number of carbonyl (C=O) groups is 1. The van der Waals surface area contributed by atoms with Gasteiger partial charge in [-0.15, -0.1) is 22.7 Å². The average Bonchev–Trinajstić information content (AvgIpc) is 2.70. The summed E-state index contributed by atoms with van der Waals surface area (Å²) >= 11 is 2.75. The molecule has 3 rings (SSSR count). The lowest BCUT2D eigenvalue weighted by Crippen LogP contribution is -1.90. The van der Waals surface area contributed by atoms with Crippen LogP contribution in [0.4, 0.5) is 0 Å². The van der Waals surface area contributed by atoms with Crippen LogP contribution in [0.25, 0.3) is 15.3 Å². The van der Waals surface area contributed by atoms with Crippen LogP contribution in [0, 0.1) is 0 Å². The van der Waals surface area contributed by atoms with Crippen LogP contribution in [0.2, 0.25) is 0 Å². The number of thiophene rings is 1. The predicted octanol–water partition coefficient (Wildman–Crippen LogP) is 2.31. The van der Waals surface area contributed by atoms with Crippen LogP contribution in [0.5, 0.6) is 0 Å². The highest BCUT2D eigenvalue weighted by Crippen LogP contribution is 2.27. The van der Waals surface area contributed by atoms with Gasteiger partial charge in [0.2, 0.25) is 0 Å². The summed E-state index contributed by atoms with van der Waals surface area (Å²) < 4.78 is 1.91. The van der Waals surface area contributed by atoms with E-state index in [2.05, 4.69) is 4.98 Å². The van der Waals surface area contributed by atoms with Crippen molar-refractivity contribution in [3.05, 3.63) is 22.5 Å². The molecule has 0 atom stereocenters. The van der Waals surface area contributed by atoms with Crippen LogP contribution in [0.3, 0.4) is 0 Å². The predicted molar refractivity (Wildman–Crippen MR) is 55.4 cm³/mol. The van der Waals surface area contributed by atoms with Crippen LogP contribution in [0.15, 0.2) is 17.6 Å². The molecule has 4 nitrogen and oxygen atoms in total. The number of hydrogen-bond acceptors (Lipinski definition) is 4. The Hall–Kier alpha value is -1.40. The second kappa shape index (κ2) is 2.55. The number of hydrogen-bond donors (Lipinski definition) is 1. The molecule has 0 fully saturated rings. The maximum Gasteiger partial charge on any atom is 0.346 e. The van der Waals surface area contributed by atoms with Crippen molar-refractivity contribution >= 4 is 44.0 Å². The molecule has 0 saturated heterocycles. The van der Waals surface area contributed by atoms with Gasteiger partial charge in [-0.25, -0.2) is 9.78 Å². The smallest absolute Gasteiger partial charge is 0.346 e. The molecular formula is C8H4N2O2S2. The number of imidazole rings is 1. The zero-order valence-electron chi connectivity index (χ0n) is 6.80. The second-order valence-corrected chi connectivity index (χ2v) is 4.68. The summed E-state index contributed by atoms with van der Waals surface area (Å²) in [5.41, 5.74) is 0.878. The quantitative estimate of drug-likeness (QED) is 0.690. The molecule has 0 bridgehead atoms. The summed E-state index contributed by atoms with van der Waals surface area (Å²) in [5, 5.41) is 10.7. The number of nitrogens with zero attached hydrogens (tertiary/aromatic N) is 2. The summed E-state index contributed by atoms with van der Waals surface area (Å²) in [7, 11) is 0. The summed E-state index contributed by atoms with van der Waals surface area (Å²) in [6.07, 6.45) is 1.90. The molecule has 0 amide bonds. The van der Waals surface area contributed by atoms with E-state index in [0.29, 0.717) is 4.88 Å². The Bertz CT molecular complexity index is 634. The van der Waals surface area contributed by atoms with Crippen molar-refractivity contribution in [3.63, 3.8) is 0 Å². The third-order valence-corrected chi connectivity index (χ3v) is 3.71. The lowest BCUT2D eigenvalue weighted by Gasteiger charge is -1.82. The fourth-order valence-corrected chi connectivity index (χ4v) is 2.99. The lowest BCUT2D eigenvalue weighted by molar-refractivity contribution is 0.0702. The molecule has 0 spiro atoms. The van der Waals surface area contributed by atoms with Gasteiger partial charge in [-0.2, -0.15) is 0 Å². The van der Waals surface area contributed by atoms with Gasteiger partial charge >= 0.3 is 5.97 Å². The van der Waals surface area contributed by atoms with E-state index < -0.39 is 5.97 Å². The SMILES string of the molecule is O=C(O)c1cc2c(nc3sccn32)s1. The Morgan fingerprint density at radius 2 is 2.43 bits per heavy atom. The van der Waals surface area contributed by atoms with Crippen molar-refractivity contribution in [3.8, 4) is 0 Å². The van der Waals surface area contributed by atoms with E-state index in [1.807, 2.05) is 16.0 Å². The van der Waals surface area contributed by atoms with Crippen molar-refractivity contribution in [2.75, 3.05) is 0 Å². The number of rotatable bonds is 1. The normalized spacial score (nSPS) is 11.4. The summed E-state index contributed by atoms with van der Waals surface area (Å²) in [6, 6.07) is 1.66. The molecule has 1 N–H and O–H groups in total. The fraction of sp³-hybridized carbons (Fsp3) is 0. The molecule has 0 unspecified atom stereocenters. The number of fused-ring (bicyclic) bond motifs is 3. The molecule has 3 heterocycles. The van der Waals surface area contributed by atoms with Gasteiger partial charge in [0, 0.05) is 11.6 Å². The monoisotopic (exact) mass is 224 g/mol. The first-order chi connectivity index (χ1) is 6.75. The van der Waals surface area contributed by atoms with Gasteiger partial charge < -0.3 is 5.11 Å². The number of thiazole rings is 1. The average molecular weight is 224 g/mol. The van der Waals surface area contributed by atoms with Gasteiger partial charge in [-0.05, 0) is 6.07 Å². The lowest BCUT2D eigenvalue weighted by atomic mass is 10.4.